The van der Waals surface area contributed by atoms with Gasteiger partial charge in [-0.05, 0) is 55.7 Å². The average Bonchev–Trinajstić information content (AvgIpc) is 2.73. The maximum Gasteiger partial charge on any atom is 0.324 e. The summed E-state index contributed by atoms with van der Waals surface area (Å²) in [6.07, 6.45) is 1.16. The summed E-state index contributed by atoms with van der Waals surface area (Å²) >= 11 is 0. The van der Waals surface area contributed by atoms with Crippen LogP contribution in [0.25, 0.3) is 0 Å². The van der Waals surface area contributed by atoms with Crippen molar-refractivity contribution in [3.63, 3.8) is 0 Å². The van der Waals surface area contributed by atoms with E-state index >= 15 is 0 Å². The molecule has 1 fully saturated rings. The van der Waals surface area contributed by atoms with Gasteiger partial charge in [0.1, 0.15) is 18.2 Å². The van der Waals surface area contributed by atoms with Crippen molar-refractivity contribution in [3.05, 3.63) is 53.8 Å². The summed E-state index contributed by atoms with van der Waals surface area (Å²) in [5, 5.41) is 2.77. The second-order valence-corrected chi connectivity index (χ2v) is 7.51. The molecule has 2 heterocycles. The Balaban J connectivity index is 1.37. The molecule has 3 amide bonds. The molecule has 1 saturated heterocycles. The molecule has 2 aliphatic heterocycles. The highest BCUT2D eigenvalue weighted by molar-refractivity contribution is 5.95. The number of carbonyl (C=O) groups is 2. The highest BCUT2D eigenvalue weighted by Crippen LogP contribution is 2.33. The lowest BCUT2D eigenvalue weighted by atomic mass is 9.96. The number of carbonyl (C=O) groups excluding carboxylic acids is 2. The lowest BCUT2D eigenvalue weighted by Crippen LogP contribution is -2.50. The summed E-state index contributed by atoms with van der Waals surface area (Å²) in [6.45, 7) is 3.99. The van der Waals surface area contributed by atoms with Crippen LogP contribution in [0, 0.1) is 18.7 Å². The van der Waals surface area contributed by atoms with Gasteiger partial charge in [-0.3, -0.25) is 9.69 Å². The minimum absolute atomic E-state index is 0.0517. The first-order valence-corrected chi connectivity index (χ1v) is 9.87. The molecule has 1 N–H and O–H groups in total. The van der Waals surface area contributed by atoms with Gasteiger partial charge in [0.25, 0.3) is 0 Å². The Bertz CT molecular complexity index is 925. The van der Waals surface area contributed by atoms with Gasteiger partial charge in [-0.2, -0.15) is 0 Å². The molecule has 29 heavy (non-hydrogen) atoms. The van der Waals surface area contributed by atoms with E-state index in [1.54, 1.807) is 21.9 Å². The number of piperidine rings is 1. The first-order valence-electron chi connectivity index (χ1n) is 9.87. The van der Waals surface area contributed by atoms with E-state index in [4.69, 9.17) is 4.74 Å². The van der Waals surface area contributed by atoms with Crippen molar-refractivity contribution in [2.45, 2.75) is 19.8 Å². The van der Waals surface area contributed by atoms with Gasteiger partial charge in [-0.25, -0.2) is 9.18 Å². The molecule has 0 aliphatic carbocycles. The minimum atomic E-state index is -0.385. The van der Waals surface area contributed by atoms with Crippen molar-refractivity contribution >= 4 is 23.3 Å². The van der Waals surface area contributed by atoms with E-state index < -0.39 is 0 Å². The maximum atomic E-state index is 13.3. The lowest BCUT2D eigenvalue weighted by molar-refractivity contribution is -0.121. The van der Waals surface area contributed by atoms with Crippen molar-refractivity contribution in [1.82, 2.24) is 4.90 Å². The zero-order chi connectivity index (χ0) is 20.4. The van der Waals surface area contributed by atoms with Gasteiger partial charge in [0.2, 0.25) is 5.91 Å². The van der Waals surface area contributed by atoms with Crippen molar-refractivity contribution in [3.8, 4) is 5.75 Å². The number of halogens is 1. The van der Waals surface area contributed by atoms with Crippen LogP contribution in [-0.2, 0) is 4.79 Å². The molecule has 152 valence electrons. The number of nitrogens with one attached hydrogen (secondary N) is 1. The maximum absolute atomic E-state index is 13.3. The molecular formula is C22H24FN3O3. The molecule has 2 aliphatic rings. The predicted octanol–water partition coefficient (Wildman–Crippen LogP) is 3.80. The molecule has 0 atom stereocenters. The SMILES string of the molecule is Cc1ccc2c(c1)N(C(=O)N1CCC(C(=O)Nc3cccc(F)c3)CC1)CCO2. The Morgan fingerprint density at radius 1 is 1.10 bits per heavy atom. The summed E-state index contributed by atoms with van der Waals surface area (Å²) < 4.78 is 19.0. The number of aryl methyl sites for hydroxylation is 1. The van der Waals surface area contributed by atoms with E-state index in [1.165, 1.54) is 12.1 Å². The van der Waals surface area contributed by atoms with Gasteiger partial charge in [-0.15, -0.1) is 0 Å². The summed E-state index contributed by atoms with van der Waals surface area (Å²) in [5.74, 6) is 0.0142. The van der Waals surface area contributed by atoms with E-state index in [9.17, 15) is 14.0 Å². The van der Waals surface area contributed by atoms with Crippen LogP contribution in [0.3, 0.4) is 0 Å². The molecule has 2 aromatic carbocycles. The fraction of sp³-hybridized carbons (Fsp3) is 0.364. The van der Waals surface area contributed by atoms with E-state index in [0.717, 1.165) is 17.0 Å². The Hall–Kier alpha value is -3.09. The number of hydrogen-bond acceptors (Lipinski definition) is 3. The summed E-state index contributed by atoms with van der Waals surface area (Å²) in [6, 6.07) is 11.6. The standard InChI is InChI=1S/C22H24FN3O3/c1-15-5-6-20-19(13-15)26(11-12-29-20)22(28)25-9-7-16(8-10-25)21(27)24-18-4-2-3-17(23)14-18/h2-6,13-14,16H,7-12H2,1H3,(H,24,27). The zero-order valence-corrected chi connectivity index (χ0v) is 16.4. The largest absolute Gasteiger partial charge is 0.490 e. The Labute approximate surface area is 169 Å². The van der Waals surface area contributed by atoms with E-state index in [-0.39, 0.29) is 23.7 Å². The second-order valence-electron chi connectivity index (χ2n) is 7.51. The number of benzene rings is 2. The monoisotopic (exact) mass is 397 g/mol. The lowest BCUT2D eigenvalue weighted by Gasteiger charge is -2.37. The number of anilines is 2. The highest BCUT2D eigenvalue weighted by atomic mass is 19.1. The molecule has 0 bridgehead atoms. The highest BCUT2D eigenvalue weighted by Gasteiger charge is 2.32. The summed E-state index contributed by atoms with van der Waals surface area (Å²) in [4.78, 5) is 29.1. The topological polar surface area (TPSA) is 61.9 Å². The first-order chi connectivity index (χ1) is 14.0. The van der Waals surface area contributed by atoms with Crippen molar-refractivity contribution in [1.29, 1.82) is 0 Å². The van der Waals surface area contributed by atoms with Crippen LogP contribution in [0.1, 0.15) is 18.4 Å². The van der Waals surface area contributed by atoms with E-state index in [2.05, 4.69) is 5.32 Å². The van der Waals surface area contributed by atoms with Gasteiger partial charge in [0, 0.05) is 24.7 Å². The van der Waals surface area contributed by atoms with Crippen molar-refractivity contribution in [2.75, 3.05) is 36.5 Å². The molecule has 7 heteroatoms. The molecule has 4 rings (SSSR count). The van der Waals surface area contributed by atoms with Gasteiger partial charge in [0.05, 0.1) is 12.2 Å². The molecule has 0 unspecified atom stereocenters. The summed E-state index contributed by atoms with van der Waals surface area (Å²) in [7, 11) is 0. The third-order valence-electron chi connectivity index (χ3n) is 5.44. The minimum Gasteiger partial charge on any atom is -0.490 e. The number of amides is 3. The van der Waals surface area contributed by atoms with Crippen LogP contribution in [0.15, 0.2) is 42.5 Å². The Morgan fingerprint density at radius 2 is 1.90 bits per heavy atom. The normalized spacial score (nSPS) is 16.8. The Kier molecular flexibility index (Phi) is 5.38. The summed E-state index contributed by atoms with van der Waals surface area (Å²) in [5.41, 5.74) is 2.32. The molecule has 0 radical (unpaired) electrons. The number of likely N-dealkylation sites (tertiary alicyclic amines) is 1. The number of urea groups is 1. The quantitative estimate of drug-likeness (QED) is 0.838. The van der Waals surface area contributed by atoms with Crippen LogP contribution in [0.4, 0.5) is 20.6 Å². The third-order valence-corrected chi connectivity index (χ3v) is 5.44. The molecule has 0 saturated carbocycles. The average molecular weight is 397 g/mol. The number of rotatable bonds is 2. The fourth-order valence-electron chi connectivity index (χ4n) is 3.84. The van der Waals surface area contributed by atoms with Gasteiger partial charge in [-0.1, -0.05) is 12.1 Å². The van der Waals surface area contributed by atoms with Crippen LogP contribution in [0.5, 0.6) is 5.75 Å². The smallest absolute Gasteiger partial charge is 0.324 e. The van der Waals surface area contributed by atoms with Crippen LogP contribution in [0.2, 0.25) is 0 Å². The molecule has 6 nitrogen and oxygen atoms in total. The third kappa shape index (κ3) is 4.18. The Morgan fingerprint density at radius 3 is 2.66 bits per heavy atom. The van der Waals surface area contributed by atoms with Gasteiger partial charge in [0.15, 0.2) is 0 Å². The van der Waals surface area contributed by atoms with Crippen LogP contribution in [-0.4, -0.2) is 43.1 Å². The molecule has 2 aromatic rings. The zero-order valence-electron chi connectivity index (χ0n) is 16.4. The molecule has 0 aromatic heterocycles. The van der Waals surface area contributed by atoms with E-state index in [0.29, 0.717) is 44.8 Å². The molecular weight excluding hydrogens is 373 g/mol. The fourth-order valence-corrected chi connectivity index (χ4v) is 3.84. The van der Waals surface area contributed by atoms with Crippen LogP contribution < -0.4 is 15.0 Å². The van der Waals surface area contributed by atoms with E-state index in [1.807, 2.05) is 25.1 Å². The number of nitrogens with zero attached hydrogens (tertiary/aromatic N) is 2. The second kappa shape index (κ2) is 8.11. The van der Waals surface area contributed by atoms with Gasteiger partial charge >= 0.3 is 6.03 Å². The van der Waals surface area contributed by atoms with Crippen molar-refractivity contribution in [2.24, 2.45) is 5.92 Å². The first kappa shape index (κ1) is 19.2. The number of fused-ring (bicyclic) bond motifs is 1. The number of hydrogen-bond donors (Lipinski definition) is 1. The predicted molar refractivity (Wildman–Crippen MR) is 109 cm³/mol. The van der Waals surface area contributed by atoms with Gasteiger partial charge < -0.3 is 15.0 Å². The molecule has 0 spiro atoms. The number of ether oxygens (including phenoxy) is 1. The van der Waals surface area contributed by atoms with Crippen LogP contribution >= 0.6 is 0 Å². The van der Waals surface area contributed by atoms with Crippen molar-refractivity contribution < 1.29 is 18.7 Å².